The van der Waals surface area contributed by atoms with Crippen LogP contribution in [0.4, 0.5) is 0 Å². The van der Waals surface area contributed by atoms with Gasteiger partial charge in [0, 0.05) is 0 Å². The molecule has 0 aliphatic rings. The first-order valence-electron chi connectivity index (χ1n) is 7.50. The average molecular weight is 263 g/mol. The number of rotatable bonds is 12. The molecule has 0 heterocycles. The van der Waals surface area contributed by atoms with E-state index in [-0.39, 0.29) is 0 Å². The maximum atomic E-state index is 5.89. The second-order valence-electron chi connectivity index (χ2n) is 5.96. The van der Waals surface area contributed by atoms with E-state index in [1.807, 2.05) is 0 Å². The Bertz CT molecular complexity index is 157. The fourth-order valence-corrected chi connectivity index (χ4v) is 2.21. The van der Waals surface area contributed by atoms with Crippen molar-refractivity contribution in [2.45, 2.75) is 71.1 Å². The molecule has 0 fully saturated rings. The summed E-state index contributed by atoms with van der Waals surface area (Å²) in [6, 6.07) is 0.734. The molecule has 0 aromatic rings. The second-order valence-corrected chi connectivity index (χ2v) is 6.20. The number of quaternary nitrogens is 1. The molecule has 0 N–H and O–H groups in total. The fraction of sp³-hybridized carbons (Fsp3) is 1.00. The normalized spacial score (nSPS) is 12.0. The van der Waals surface area contributed by atoms with Gasteiger partial charge in [-0.25, -0.2) is 0 Å². The molecular formula is C15H33ClN+. The van der Waals surface area contributed by atoms with Crippen molar-refractivity contribution in [2.24, 2.45) is 0 Å². The van der Waals surface area contributed by atoms with Gasteiger partial charge in [0.25, 0.3) is 0 Å². The van der Waals surface area contributed by atoms with E-state index in [2.05, 4.69) is 21.0 Å². The van der Waals surface area contributed by atoms with Gasteiger partial charge < -0.3 is 4.48 Å². The Morgan fingerprint density at radius 2 is 1.12 bits per heavy atom. The van der Waals surface area contributed by atoms with Crippen LogP contribution in [-0.4, -0.2) is 31.1 Å². The van der Waals surface area contributed by atoms with Crippen LogP contribution in [0.15, 0.2) is 0 Å². The molecule has 0 aliphatic heterocycles. The van der Waals surface area contributed by atoms with E-state index in [1.54, 1.807) is 0 Å². The summed E-state index contributed by atoms with van der Waals surface area (Å²) in [6.07, 6.45) is 14.1. The molecule has 0 rings (SSSR count). The van der Waals surface area contributed by atoms with Gasteiger partial charge in [-0.1, -0.05) is 69.9 Å². The maximum Gasteiger partial charge on any atom is 0.154 e. The number of hydrogen-bond acceptors (Lipinski definition) is 0. The Labute approximate surface area is 114 Å². The molecule has 0 atom stereocenters. The van der Waals surface area contributed by atoms with Crippen molar-refractivity contribution in [3.8, 4) is 0 Å². The molecule has 0 unspecified atom stereocenters. The molecule has 0 aliphatic carbocycles. The van der Waals surface area contributed by atoms with E-state index >= 15 is 0 Å². The summed E-state index contributed by atoms with van der Waals surface area (Å²) in [5.41, 5.74) is 0. The summed E-state index contributed by atoms with van der Waals surface area (Å²) in [5, 5.41) is 0. The Balaban J connectivity index is 3.09. The molecule has 0 amide bonds. The fourth-order valence-electron chi connectivity index (χ4n) is 2.09. The van der Waals surface area contributed by atoms with Crippen LogP contribution in [0.3, 0.4) is 0 Å². The average Bonchev–Trinajstić information content (AvgIpc) is 2.31. The first kappa shape index (κ1) is 17.2. The molecule has 0 saturated carbocycles. The first-order valence-corrected chi connectivity index (χ1v) is 8.04. The topological polar surface area (TPSA) is 0 Å². The van der Waals surface area contributed by atoms with E-state index in [9.17, 15) is 0 Å². The Kier molecular flexibility index (Phi) is 11.5. The van der Waals surface area contributed by atoms with Crippen LogP contribution < -0.4 is 0 Å². The van der Waals surface area contributed by atoms with Crippen LogP contribution in [-0.2, 0) is 0 Å². The lowest BCUT2D eigenvalue weighted by atomic mass is 10.1. The van der Waals surface area contributed by atoms with Gasteiger partial charge in [-0.15, -0.1) is 0 Å². The minimum Gasteiger partial charge on any atom is -0.316 e. The van der Waals surface area contributed by atoms with Gasteiger partial charge in [-0.2, -0.15) is 0 Å². The highest BCUT2D eigenvalue weighted by Gasteiger charge is 2.11. The highest BCUT2D eigenvalue weighted by atomic mass is 35.5. The van der Waals surface area contributed by atoms with Gasteiger partial charge in [0.2, 0.25) is 0 Å². The SMILES string of the molecule is CCCCCCCCCCCC[N+](C)(C)CCl. The maximum absolute atomic E-state index is 5.89. The summed E-state index contributed by atoms with van der Waals surface area (Å²) in [6.45, 7) is 3.50. The second kappa shape index (κ2) is 11.3. The number of nitrogens with zero attached hydrogens (tertiary/aromatic N) is 1. The van der Waals surface area contributed by atoms with Crippen LogP contribution in [0.5, 0.6) is 0 Å². The van der Waals surface area contributed by atoms with Crippen molar-refractivity contribution in [3.05, 3.63) is 0 Å². The smallest absolute Gasteiger partial charge is 0.154 e. The predicted octanol–water partition coefficient (Wildman–Crippen LogP) is 5.18. The van der Waals surface area contributed by atoms with Crippen LogP contribution in [0.25, 0.3) is 0 Å². The van der Waals surface area contributed by atoms with Gasteiger partial charge >= 0.3 is 0 Å². The van der Waals surface area contributed by atoms with E-state index in [0.717, 1.165) is 10.5 Å². The monoisotopic (exact) mass is 262 g/mol. The van der Waals surface area contributed by atoms with E-state index < -0.39 is 0 Å². The van der Waals surface area contributed by atoms with Gasteiger partial charge in [-0.05, 0) is 12.8 Å². The summed E-state index contributed by atoms with van der Waals surface area (Å²) in [5.74, 6) is 0. The lowest BCUT2D eigenvalue weighted by Gasteiger charge is -2.26. The van der Waals surface area contributed by atoms with Crippen molar-refractivity contribution in [1.82, 2.24) is 0 Å². The number of hydrogen-bond donors (Lipinski definition) is 0. The third-order valence-corrected chi connectivity index (χ3v) is 4.09. The largest absolute Gasteiger partial charge is 0.316 e. The standard InChI is InChI=1S/C15H33ClN/c1-4-5-6-7-8-9-10-11-12-13-14-17(2,3)15-16/h4-15H2,1-3H3/q+1. The summed E-state index contributed by atoms with van der Waals surface area (Å²) in [4.78, 5) is 0. The van der Waals surface area contributed by atoms with Crippen LogP contribution in [0.1, 0.15) is 71.1 Å². The molecule has 2 heteroatoms. The molecule has 0 bridgehead atoms. The summed E-state index contributed by atoms with van der Waals surface area (Å²) < 4.78 is 0.957. The molecule has 0 aromatic heterocycles. The van der Waals surface area contributed by atoms with Gasteiger partial charge in [0.15, 0.2) is 6.00 Å². The lowest BCUT2D eigenvalue weighted by Crippen LogP contribution is -2.38. The first-order chi connectivity index (χ1) is 8.12. The number of halogens is 1. The van der Waals surface area contributed by atoms with Gasteiger partial charge in [0.1, 0.15) is 0 Å². The third-order valence-electron chi connectivity index (χ3n) is 3.44. The Morgan fingerprint density at radius 1 is 0.706 bits per heavy atom. The predicted molar refractivity (Wildman–Crippen MR) is 79.5 cm³/mol. The Hall–Kier alpha value is 0.250. The van der Waals surface area contributed by atoms with Crippen LogP contribution in [0.2, 0.25) is 0 Å². The van der Waals surface area contributed by atoms with E-state index in [4.69, 9.17) is 11.6 Å². The zero-order valence-corrected chi connectivity index (χ0v) is 13.1. The van der Waals surface area contributed by atoms with Crippen molar-refractivity contribution < 1.29 is 4.48 Å². The quantitative estimate of drug-likeness (QED) is 0.197. The molecule has 104 valence electrons. The van der Waals surface area contributed by atoms with Gasteiger partial charge in [-0.3, -0.25) is 0 Å². The Morgan fingerprint density at radius 3 is 1.53 bits per heavy atom. The van der Waals surface area contributed by atoms with Gasteiger partial charge in [0.05, 0.1) is 20.6 Å². The zero-order chi connectivity index (χ0) is 13.0. The van der Waals surface area contributed by atoms with Crippen molar-refractivity contribution in [1.29, 1.82) is 0 Å². The molecule has 0 saturated heterocycles. The number of alkyl halides is 1. The molecule has 0 radical (unpaired) electrons. The zero-order valence-electron chi connectivity index (χ0n) is 12.3. The van der Waals surface area contributed by atoms with Crippen molar-refractivity contribution >= 4 is 11.6 Å². The van der Waals surface area contributed by atoms with Crippen LogP contribution >= 0.6 is 11.6 Å². The van der Waals surface area contributed by atoms with E-state index in [0.29, 0.717) is 0 Å². The van der Waals surface area contributed by atoms with Crippen molar-refractivity contribution in [2.75, 3.05) is 26.6 Å². The highest BCUT2D eigenvalue weighted by molar-refractivity contribution is 6.16. The minimum absolute atomic E-state index is 0.734. The number of unbranched alkanes of at least 4 members (excludes halogenated alkanes) is 9. The molecule has 0 spiro atoms. The van der Waals surface area contributed by atoms with Crippen molar-refractivity contribution in [3.63, 3.8) is 0 Å². The third kappa shape index (κ3) is 12.5. The summed E-state index contributed by atoms with van der Waals surface area (Å²) in [7, 11) is 4.42. The van der Waals surface area contributed by atoms with E-state index in [1.165, 1.54) is 70.8 Å². The molecule has 17 heavy (non-hydrogen) atoms. The molecule has 1 nitrogen and oxygen atoms in total. The minimum atomic E-state index is 0.734. The lowest BCUT2D eigenvalue weighted by molar-refractivity contribution is -0.879. The molecular weight excluding hydrogens is 230 g/mol. The summed E-state index contributed by atoms with van der Waals surface area (Å²) >= 11 is 5.89. The molecule has 0 aromatic carbocycles. The van der Waals surface area contributed by atoms with Crippen LogP contribution in [0, 0.1) is 0 Å². The highest BCUT2D eigenvalue weighted by Crippen LogP contribution is 2.11.